The molecule has 0 spiro atoms. The smallest absolute Gasteiger partial charge is 0.145 e. The first-order chi connectivity index (χ1) is 4.65. The number of ketones is 1. The van der Waals surface area contributed by atoms with Gasteiger partial charge in [0.2, 0.25) is 0 Å². The molecule has 0 rings (SSSR count). The average Bonchev–Trinajstić information content (AvgIpc) is 1.56. The summed E-state index contributed by atoms with van der Waals surface area (Å²) in [7, 11) is 0. The molecule has 0 aliphatic rings. The summed E-state index contributed by atoms with van der Waals surface area (Å²) in [6, 6.07) is 0. The topological polar surface area (TPSA) is 17.1 Å². The number of alkyl halides is 1. The second-order valence-corrected chi connectivity index (χ2v) is 6.86. The zero-order valence-electron chi connectivity index (χ0n) is 7.44. The lowest BCUT2D eigenvalue weighted by atomic mass is 9.94. The molecule has 0 saturated heterocycles. The molecule has 3 heteroatoms. The summed E-state index contributed by atoms with van der Waals surface area (Å²) in [6.45, 7) is 7.49. The highest BCUT2D eigenvalue weighted by atomic mass is 79.9. The zero-order chi connectivity index (χ0) is 9.28. The largest absolute Gasteiger partial charge is 0.298 e. The molecular formula is C8H15BrOS. The second kappa shape index (κ2) is 3.48. The lowest BCUT2D eigenvalue weighted by Gasteiger charge is -2.27. The first-order valence-corrected chi connectivity index (χ1v) is 4.81. The lowest BCUT2D eigenvalue weighted by Crippen LogP contribution is -2.33. The van der Waals surface area contributed by atoms with Crippen molar-refractivity contribution in [2.24, 2.45) is 0 Å². The predicted octanol–water partition coefficient (Wildman–Crippen LogP) is 2.83. The summed E-state index contributed by atoms with van der Waals surface area (Å²) in [6.07, 6.45) is 0.735. The number of carbonyl (C=O) groups is 1. The van der Waals surface area contributed by atoms with Crippen molar-refractivity contribution in [1.29, 1.82) is 0 Å². The fourth-order valence-corrected chi connectivity index (χ4v) is 2.12. The molecule has 11 heavy (non-hydrogen) atoms. The van der Waals surface area contributed by atoms with Gasteiger partial charge < -0.3 is 0 Å². The average molecular weight is 239 g/mol. The van der Waals surface area contributed by atoms with Gasteiger partial charge in [-0.1, -0.05) is 29.8 Å². The third-order valence-electron chi connectivity index (χ3n) is 1.52. The van der Waals surface area contributed by atoms with Crippen LogP contribution in [0.25, 0.3) is 0 Å². The van der Waals surface area contributed by atoms with Crippen molar-refractivity contribution in [3.05, 3.63) is 0 Å². The van der Waals surface area contributed by atoms with Crippen LogP contribution in [0.2, 0.25) is 0 Å². The van der Waals surface area contributed by atoms with Gasteiger partial charge >= 0.3 is 0 Å². The molecule has 0 bridgehead atoms. The van der Waals surface area contributed by atoms with E-state index in [2.05, 4.69) is 28.6 Å². The minimum atomic E-state index is -0.507. The quantitative estimate of drug-likeness (QED) is 0.592. The van der Waals surface area contributed by atoms with Gasteiger partial charge in [-0.15, -0.1) is 0 Å². The van der Waals surface area contributed by atoms with Crippen LogP contribution in [0.4, 0.5) is 0 Å². The van der Waals surface area contributed by atoms with Gasteiger partial charge in [-0.25, -0.2) is 0 Å². The Bertz CT molecular complexity index is 158. The van der Waals surface area contributed by atoms with E-state index in [0.29, 0.717) is 0 Å². The Kier molecular flexibility index (Phi) is 3.64. The maximum Gasteiger partial charge on any atom is 0.145 e. The third kappa shape index (κ3) is 4.86. The highest BCUT2D eigenvalue weighted by molar-refractivity contribution is 9.10. The van der Waals surface area contributed by atoms with Crippen LogP contribution in [0.3, 0.4) is 0 Å². The molecule has 0 aliphatic heterocycles. The Balaban J connectivity index is 4.25. The van der Waals surface area contributed by atoms with Crippen molar-refractivity contribution in [1.82, 2.24) is 0 Å². The van der Waals surface area contributed by atoms with E-state index < -0.39 is 4.75 Å². The van der Waals surface area contributed by atoms with Gasteiger partial charge in [0.25, 0.3) is 0 Å². The molecule has 1 atom stereocenters. The molecule has 0 saturated carbocycles. The molecule has 0 aromatic heterocycles. The molecule has 0 N–H and O–H groups in total. The summed E-state index contributed by atoms with van der Waals surface area (Å²) in [5.41, 5.74) is 0. The van der Waals surface area contributed by atoms with E-state index in [1.54, 1.807) is 6.92 Å². The number of thiol groups is 1. The Morgan fingerprint density at radius 1 is 1.45 bits per heavy atom. The van der Waals surface area contributed by atoms with Gasteiger partial charge in [-0.05, 0) is 20.3 Å². The standard InChI is InChI=1S/C8H15BrOS/c1-6(10)8(4,11)5-7(2,3)9/h11H,5H2,1-4H3. The fourth-order valence-electron chi connectivity index (χ4n) is 0.943. The minimum Gasteiger partial charge on any atom is -0.298 e. The van der Waals surface area contributed by atoms with Crippen molar-refractivity contribution in [2.45, 2.75) is 43.2 Å². The molecule has 0 aromatic rings. The molecule has 1 nitrogen and oxygen atoms in total. The first kappa shape index (κ1) is 11.5. The third-order valence-corrected chi connectivity index (χ3v) is 2.28. The predicted molar refractivity (Wildman–Crippen MR) is 55.7 cm³/mol. The van der Waals surface area contributed by atoms with Crippen molar-refractivity contribution in [3.8, 4) is 0 Å². The molecule has 0 amide bonds. The molecule has 1 unspecified atom stereocenters. The van der Waals surface area contributed by atoms with Crippen LogP contribution < -0.4 is 0 Å². The van der Waals surface area contributed by atoms with Gasteiger partial charge in [0, 0.05) is 4.32 Å². The number of hydrogen-bond donors (Lipinski definition) is 1. The van der Waals surface area contributed by atoms with Crippen molar-refractivity contribution in [2.75, 3.05) is 0 Å². The summed E-state index contributed by atoms with van der Waals surface area (Å²) < 4.78 is -0.526. The summed E-state index contributed by atoms with van der Waals surface area (Å²) >= 11 is 7.78. The number of hydrogen-bond acceptors (Lipinski definition) is 2. The molecule has 0 radical (unpaired) electrons. The van der Waals surface area contributed by atoms with Crippen LogP contribution in [-0.4, -0.2) is 14.9 Å². The van der Waals surface area contributed by atoms with Crippen LogP contribution >= 0.6 is 28.6 Å². The van der Waals surface area contributed by atoms with Gasteiger partial charge in [0.05, 0.1) is 4.75 Å². The minimum absolute atomic E-state index is 0.0187. The van der Waals surface area contributed by atoms with Gasteiger partial charge in [-0.3, -0.25) is 4.79 Å². The highest BCUT2D eigenvalue weighted by Gasteiger charge is 2.31. The van der Waals surface area contributed by atoms with Crippen LogP contribution in [0.5, 0.6) is 0 Å². The van der Waals surface area contributed by atoms with E-state index >= 15 is 0 Å². The zero-order valence-corrected chi connectivity index (χ0v) is 9.92. The fraction of sp³-hybridized carbons (Fsp3) is 0.875. The van der Waals surface area contributed by atoms with E-state index in [-0.39, 0.29) is 10.1 Å². The molecule has 0 fully saturated rings. The highest BCUT2D eigenvalue weighted by Crippen LogP contribution is 2.32. The Morgan fingerprint density at radius 2 is 1.82 bits per heavy atom. The van der Waals surface area contributed by atoms with E-state index in [1.165, 1.54) is 0 Å². The van der Waals surface area contributed by atoms with E-state index in [9.17, 15) is 4.79 Å². The van der Waals surface area contributed by atoms with E-state index in [0.717, 1.165) is 6.42 Å². The first-order valence-electron chi connectivity index (χ1n) is 3.57. The van der Waals surface area contributed by atoms with Crippen LogP contribution in [0.15, 0.2) is 0 Å². The number of Topliss-reactive ketones (excluding diaryl/α,β-unsaturated/α-hetero) is 1. The van der Waals surface area contributed by atoms with E-state index in [1.807, 2.05) is 20.8 Å². The molecular weight excluding hydrogens is 224 g/mol. The van der Waals surface area contributed by atoms with Gasteiger partial charge in [-0.2, -0.15) is 12.6 Å². The second-order valence-electron chi connectivity index (χ2n) is 3.73. The van der Waals surface area contributed by atoms with Gasteiger partial charge in [0.1, 0.15) is 5.78 Å². The Morgan fingerprint density at radius 3 is 1.91 bits per heavy atom. The van der Waals surface area contributed by atoms with Crippen LogP contribution in [0.1, 0.15) is 34.1 Å². The SMILES string of the molecule is CC(=O)C(C)(S)CC(C)(C)Br. The monoisotopic (exact) mass is 238 g/mol. The molecule has 0 aliphatic carbocycles. The summed E-state index contributed by atoms with van der Waals surface area (Å²) in [5, 5.41) is 0. The normalized spacial score (nSPS) is 17.6. The van der Waals surface area contributed by atoms with E-state index in [4.69, 9.17) is 0 Å². The van der Waals surface area contributed by atoms with Crippen LogP contribution in [-0.2, 0) is 4.79 Å². The van der Waals surface area contributed by atoms with Crippen molar-refractivity contribution >= 4 is 34.3 Å². The molecule has 66 valence electrons. The van der Waals surface area contributed by atoms with Gasteiger partial charge in [0.15, 0.2) is 0 Å². The maximum atomic E-state index is 11.0. The Hall–Kier alpha value is 0.500. The number of carbonyl (C=O) groups excluding carboxylic acids is 1. The Labute approximate surface area is 82.5 Å². The van der Waals surface area contributed by atoms with Crippen LogP contribution in [0, 0.1) is 0 Å². The number of halogens is 1. The number of rotatable bonds is 3. The molecule has 0 heterocycles. The molecule has 0 aromatic carbocycles. The maximum absolute atomic E-state index is 11.0. The van der Waals surface area contributed by atoms with Crippen molar-refractivity contribution in [3.63, 3.8) is 0 Å². The van der Waals surface area contributed by atoms with Crippen molar-refractivity contribution < 1.29 is 4.79 Å². The summed E-state index contributed by atoms with van der Waals surface area (Å²) in [5.74, 6) is 0.119. The lowest BCUT2D eigenvalue weighted by molar-refractivity contribution is -0.119. The summed E-state index contributed by atoms with van der Waals surface area (Å²) in [4.78, 5) is 11.0.